The zero-order chi connectivity index (χ0) is 14.9. The fraction of sp³-hybridized carbons (Fsp3) is 0.714. The molecule has 0 amide bonds. The molecule has 4 nitrogen and oxygen atoms in total. The molecule has 0 fully saturated rings. The SMILES string of the molecule is CC.COC(=O)C(F)(F)F.O=C(O)C(F)(F)F. The zero-order valence-corrected chi connectivity index (χ0v) is 8.94. The molecule has 104 valence electrons. The summed E-state index contributed by atoms with van der Waals surface area (Å²) in [6.45, 7) is 4.00. The van der Waals surface area contributed by atoms with Gasteiger partial charge in [-0.2, -0.15) is 26.3 Å². The van der Waals surface area contributed by atoms with E-state index < -0.39 is 24.3 Å². The second-order valence-corrected chi connectivity index (χ2v) is 1.79. The third kappa shape index (κ3) is 14.5. The summed E-state index contributed by atoms with van der Waals surface area (Å²) in [7, 11) is 0.676. The van der Waals surface area contributed by atoms with Crippen molar-refractivity contribution in [3.05, 3.63) is 0 Å². The third-order valence-electron chi connectivity index (χ3n) is 0.659. The van der Waals surface area contributed by atoms with Crippen LogP contribution >= 0.6 is 0 Å². The minimum Gasteiger partial charge on any atom is -0.475 e. The number of methoxy groups -OCH3 is 1. The minimum absolute atomic E-state index is 0.676. The molecule has 0 aromatic heterocycles. The van der Waals surface area contributed by atoms with E-state index in [4.69, 9.17) is 9.90 Å². The molecule has 17 heavy (non-hydrogen) atoms. The van der Waals surface area contributed by atoms with E-state index >= 15 is 0 Å². The second-order valence-electron chi connectivity index (χ2n) is 1.79. The molecule has 0 aliphatic carbocycles. The quantitative estimate of drug-likeness (QED) is 0.543. The van der Waals surface area contributed by atoms with Gasteiger partial charge in [0, 0.05) is 0 Å². The maximum absolute atomic E-state index is 11.0. The molecule has 0 unspecified atom stereocenters. The van der Waals surface area contributed by atoms with Crippen molar-refractivity contribution in [1.82, 2.24) is 0 Å². The first kappa shape index (κ1) is 20.9. The highest BCUT2D eigenvalue weighted by atomic mass is 19.4. The number of ether oxygens (including phenoxy) is 1. The molecule has 0 heterocycles. The lowest BCUT2D eigenvalue weighted by atomic mass is 10.7. The predicted octanol–water partition coefficient (Wildman–Crippen LogP) is 2.38. The zero-order valence-electron chi connectivity index (χ0n) is 8.94. The van der Waals surface area contributed by atoms with E-state index in [1.807, 2.05) is 13.8 Å². The molecule has 0 atom stereocenters. The first-order valence-corrected chi connectivity index (χ1v) is 3.88. The fourth-order valence-electron chi connectivity index (χ4n) is 0.116. The molecule has 0 bridgehead atoms. The summed E-state index contributed by atoms with van der Waals surface area (Å²) in [6, 6.07) is 0. The topological polar surface area (TPSA) is 63.6 Å². The Morgan fingerprint density at radius 3 is 1.18 bits per heavy atom. The smallest absolute Gasteiger partial charge is 0.475 e. The van der Waals surface area contributed by atoms with Gasteiger partial charge in [-0.25, -0.2) is 9.59 Å². The van der Waals surface area contributed by atoms with Gasteiger partial charge in [-0.1, -0.05) is 13.8 Å². The predicted molar refractivity (Wildman–Crippen MR) is 43.1 cm³/mol. The Hall–Kier alpha value is -1.48. The molecule has 0 saturated heterocycles. The van der Waals surface area contributed by atoms with Gasteiger partial charge in [0.15, 0.2) is 0 Å². The number of hydrogen-bond acceptors (Lipinski definition) is 3. The first-order chi connectivity index (χ1) is 7.42. The molecular formula is C7H10F6O4. The van der Waals surface area contributed by atoms with Crippen molar-refractivity contribution in [3.8, 4) is 0 Å². The summed E-state index contributed by atoms with van der Waals surface area (Å²) in [5.41, 5.74) is 0. The summed E-state index contributed by atoms with van der Waals surface area (Å²) < 4.78 is 68.0. The number of rotatable bonds is 0. The molecule has 0 aliphatic heterocycles. The van der Waals surface area contributed by atoms with Crippen molar-refractivity contribution in [1.29, 1.82) is 0 Å². The summed E-state index contributed by atoms with van der Waals surface area (Å²) in [4.78, 5) is 18.4. The van der Waals surface area contributed by atoms with Crippen LogP contribution in [0.4, 0.5) is 26.3 Å². The molecule has 0 aromatic carbocycles. The Labute approximate surface area is 92.2 Å². The van der Waals surface area contributed by atoms with Crippen LogP contribution in [0.2, 0.25) is 0 Å². The number of alkyl halides is 6. The highest BCUT2D eigenvalue weighted by Crippen LogP contribution is 2.15. The van der Waals surface area contributed by atoms with Crippen molar-refractivity contribution >= 4 is 11.9 Å². The number of carbonyl (C=O) groups excluding carboxylic acids is 1. The van der Waals surface area contributed by atoms with Gasteiger partial charge in [-0.3, -0.25) is 0 Å². The van der Waals surface area contributed by atoms with E-state index in [9.17, 15) is 31.1 Å². The van der Waals surface area contributed by atoms with Crippen LogP contribution < -0.4 is 0 Å². The van der Waals surface area contributed by atoms with Gasteiger partial charge in [-0.05, 0) is 0 Å². The molecule has 0 saturated carbocycles. The van der Waals surface area contributed by atoms with Crippen LogP contribution in [0.1, 0.15) is 13.8 Å². The van der Waals surface area contributed by atoms with E-state index in [2.05, 4.69) is 4.74 Å². The standard InChI is InChI=1S/C3H3F3O2.C2HF3O2.C2H6/c1-8-2(7)3(4,5)6;3-2(4,5)1(6)7;1-2/h1H3;(H,6,7);1-2H3. The van der Waals surface area contributed by atoms with Crippen LogP contribution in [-0.4, -0.2) is 36.5 Å². The molecule has 10 heteroatoms. The lowest BCUT2D eigenvalue weighted by Gasteiger charge is -1.99. The van der Waals surface area contributed by atoms with Gasteiger partial charge < -0.3 is 9.84 Å². The minimum atomic E-state index is -5.08. The number of aliphatic carboxylic acids is 1. The second kappa shape index (κ2) is 8.65. The maximum atomic E-state index is 11.0. The Balaban J connectivity index is -0.000000202. The van der Waals surface area contributed by atoms with Crippen LogP contribution in [0.15, 0.2) is 0 Å². The first-order valence-electron chi connectivity index (χ1n) is 3.88. The normalized spacial score (nSPS) is 10.2. The van der Waals surface area contributed by atoms with E-state index in [1.165, 1.54) is 0 Å². The average molecular weight is 272 g/mol. The number of carboxylic acids is 1. The molecule has 0 aliphatic rings. The van der Waals surface area contributed by atoms with Gasteiger partial charge in [0.1, 0.15) is 0 Å². The van der Waals surface area contributed by atoms with Gasteiger partial charge >= 0.3 is 24.3 Å². The number of esters is 1. The van der Waals surface area contributed by atoms with Gasteiger partial charge in [-0.15, -0.1) is 0 Å². The van der Waals surface area contributed by atoms with Crippen molar-refractivity contribution < 1.29 is 45.8 Å². The molecule has 0 rings (SSSR count). The number of hydrogen-bond donors (Lipinski definition) is 1. The van der Waals surface area contributed by atoms with Crippen molar-refractivity contribution in [3.63, 3.8) is 0 Å². The summed E-state index contributed by atoms with van der Waals surface area (Å²) in [6.07, 6.45) is -9.94. The fourth-order valence-corrected chi connectivity index (χ4v) is 0.116. The molecule has 0 aromatic rings. The highest BCUT2D eigenvalue weighted by Gasteiger charge is 2.40. The lowest BCUT2D eigenvalue weighted by Crippen LogP contribution is -2.23. The average Bonchev–Trinajstić information content (AvgIpc) is 2.17. The maximum Gasteiger partial charge on any atom is 0.490 e. The van der Waals surface area contributed by atoms with E-state index in [0.717, 1.165) is 0 Å². The monoisotopic (exact) mass is 272 g/mol. The number of carboxylic acid groups (broad SMARTS) is 1. The molecule has 0 radical (unpaired) electrons. The van der Waals surface area contributed by atoms with Crippen molar-refractivity contribution in [2.75, 3.05) is 7.11 Å². The highest BCUT2D eigenvalue weighted by molar-refractivity contribution is 5.75. The summed E-state index contributed by atoms with van der Waals surface area (Å²) >= 11 is 0. The van der Waals surface area contributed by atoms with Crippen LogP contribution in [0.3, 0.4) is 0 Å². The van der Waals surface area contributed by atoms with Crippen LogP contribution in [0.25, 0.3) is 0 Å². The van der Waals surface area contributed by atoms with E-state index in [0.29, 0.717) is 7.11 Å². The van der Waals surface area contributed by atoms with Gasteiger partial charge in [0.25, 0.3) is 0 Å². The molecular weight excluding hydrogens is 262 g/mol. The molecule has 1 N–H and O–H groups in total. The third-order valence-corrected chi connectivity index (χ3v) is 0.659. The van der Waals surface area contributed by atoms with Gasteiger partial charge in [0.2, 0.25) is 0 Å². The Morgan fingerprint density at radius 2 is 1.18 bits per heavy atom. The van der Waals surface area contributed by atoms with Crippen molar-refractivity contribution in [2.24, 2.45) is 0 Å². The van der Waals surface area contributed by atoms with E-state index in [-0.39, 0.29) is 0 Å². The Morgan fingerprint density at radius 1 is 0.941 bits per heavy atom. The Bertz CT molecular complexity index is 231. The molecule has 0 spiro atoms. The lowest BCUT2D eigenvalue weighted by molar-refractivity contribution is -0.196. The van der Waals surface area contributed by atoms with E-state index in [1.54, 1.807) is 0 Å². The van der Waals surface area contributed by atoms with Crippen LogP contribution in [0, 0.1) is 0 Å². The van der Waals surface area contributed by atoms with Gasteiger partial charge in [0.05, 0.1) is 7.11 Å². The Kier molecular flexibility index (Phi) is 10.6. The number of carbonyl (C=O) groups is 2. The largest absolute Gasteiger partial charge is 0.490 e. The van der Waals surface area contributed by atoms with Crippen LogP contribution in [-0.2, 0) is 14.3 Å². The summed E-state index contributed by atoms with van der Waals surface area (Å²) in [5.74, 6) is -4.93. The van der Waals surface area contributed by atoms with Crippen LogP contribution in [0.5, 0.6) is 0 Å². The number of halogens is 6. The van der Waals surface area contributed by atoms with Crippen molar-refractivity contribution in [2.45, 2.75) is 26.2 Å². The summed E-state index contributed by atoms with van der Waals surface area (Å²) in [5, 5.41) is 7.12.